The van der Waals surface area contributed by atoms with Gasteiger partial charge in [-0.1, -0.05) is 0 Å². The lowest BCUT2D eigenvalue weighted by Crippen LogP contribution is -2.36. The summed E-state index contributed by atoms with van der Waals surface area (Å²) in [7, 11) is 4.55. The Hall–Kier alpha value is -2.45. The van der Waals surface area contributed by atoms with Crippen LogP contribution in [0.1, 0.15) is 10.4 Å². The minimum atomic E-state index is -0.273. The van der Waals surface area contributed by atoms with Gasteiger partial charge in [0.1, 0.15) is 0 Å². The summed E-state index contributed by atoms with van der Waals surface area (Å²) in [5, 5.41) is 2.91. The van der Waals surface area contributed by atoms with Gasteiger partial charge in [-0.2, -0.15) is 0 Å². The standard InChI is InChI=1S/C20H23BrN2O5/c1-25-17-10-13(11-18(26-2)19(17)27-3)20(24)22-14-4-5-16(15(21)12-14)23-6-8-28-9-7-23/h4-5,10-12H,6-9H2,1-3H3,(H,22,24). The Kier molecular flexibility index (Phi) is 6.64. The van der Waals surface area contributed by atoms with Crippen LogP contribution in [-0.4, -0.2) is 53.5 Å². The van der Waals surface area contributed by atoms with E-state index in [9.17, 15) is 4.79 Å². The van der Waals surface area contributed by atoms with Gasteiger partial charge in [-0.25, -0.2) is 0 Å². The summed E-state index contributed by atoms with van der Waals surface area (Å²) in [5.74, 6) is 1.02. The first kappa shape index (κ1) is 20.3. The van der Waals surface area contributed by atoms with Gasteiger partial charge in [0.05, 0.1) is 40.2 Å². The number of amides is 1. The predicted molar refractivity (Wildman–Crippen MR) is 111 cm³/mol. The fourth-order valence-electron chi connectivity index (χ4n) is 3.06. The largest absolute Gasteiger partial charge is 0.493 e. The van der Waals surface area contributed by atoms with Crippen LogP contribution < -0.4 is 24.4 Å². The molecule has 2 aromatic rings. The molecule has 1 heterocycles. The number of hydrogen-bond acceptors (Lipinski definition) is 6. The smallest absolute Gasteiger partial charge is 0.255 e. The van der Waals surface area contributed by atoms with Crippen LogP contribution in [0.4, 0.5) is 11.4 Å². The second-order valence-corrected chi connectivity index (χ2v) is 6.99. The van der Waals surface area contributed by atoms with Crippen LogP contribution in [0.5, 0.6) is 17.2 Å². The first-order valence-corrected chi connectivity index (χ1v) is 9.60. The van der Waals surface area contributed by atoms with Gasteiger partial charge in [-0.15, -0.1) is 0 Å². The van der Waals surface area contributed by atoms with Gasteiger partial charge >= 0.3 is 0 Å². The average molecular weight is 451 g/mol. The van der Waals surface area contributed by atoms with E-state index in [4.69, 9.17) is 18.9 Å². The lowest BCUT2D eigenvalue weighted by molar-refractivity contribution is 0.102. The van der Waals surface area contributed by atoms with Crippen molar-refractivity contribution >= 4 is 33.2 Å². The SMILES string of the molecule is COc1cc(C(=O)Nc2ccc(N3CCOCC3)c(Br)c2)cc(OC)c1OC. The van der Waals surface area contributed by atoms with Crippen LogP contribution in [-0.2, 0) is 4.74 Å². The molecule has 1 N–H and O–H groups in total. The Labute approximate surface area is 172 Å². The van der Waals surface area contributed by atoms with E-state index in [0.717, 1.165) is 23.2 Å². The van der Waals surface area contributed by atoms with Crippen molar-refractivity contribution in [1.82, 2.24) is 0 Å². The zero-order valence-corrected chi connectivity index (χ0v) is 17.7. The molecule has 0 aromatic heterocycles. The maximum Gasteiger partial charge on any atom is 0.255 e. The van der Waals surface area contributed by atoms with E-state index in [1.54, 1.807) is 12.1 Å². The quantitative estimate of drug-likeness (QED) is 0.725. The highest BCUT2D eigenvalue weighted by atomic mass is 79.9. The number of morpholine rings is 1. The van der Waals surface area contributed by atoms with Crippen molar-refractivity contribution in [2.45, 2.75) is 0 Å². The summed E-state index contributed by atoms with van der Waals surface area (Å²) in [5.41, 5.74) is 2.17. The number of halogens is 1. The summed E-state index contributed by atoms with van der Waals surface area (Å²) in [6.45, 7) is 3.11. The van der Waals surface area contributed by atoms with Crippen LogP contribution in [0, 0.1) is 0 Å². The molecule has 0 bridgehead atoms. The number of nitrogens with zero attached hydrogens (tertiary/aromatic N) is 1. The number of anilines is 2. The van der Waals surface area contributed by atoms with E-state index in [-0.39, 0.29) is 5.91 Å². The van der Waals surface area contributed by atoms with Crippen molar-refractivity contribution in [1.29, 1.82) is 0 Å². The molecule has 1 aliphatic rings. The minimum absolute atomic E-state index is 0.273. The third-order valence-electron chi connectivity index (χ3n) is 4.48. The molecule has 0 atom stereocenters. The number of methoxy groups -OCH3 is 3. The molecule has 0 saturated carbocycles. The molecule has 1 aliphatic heterocycles. The van der Waals surface area contributed by atoms with Gasteiger partial charge in [0, 0.05) is 28.8 Å². The molecule has 0 unspecified atom stereocenters. The molecule has 0 aliphatic carbocycles. The van der Waals surface area contributed by atoms with E-state index in [1.165, 1.54) is 21.3 Å². The molecular formula is C20H23BrN2O5. The molecule has 1 amide bonds. The molecule has 28 heavy (non-hydrogen) atoms. The molecule has 0 radical (unpaired) electrons. The lowest BCUT2D eigenvalue weighted by atomic mass is 10.1. The highest BCUT2D eigenvalue weighted by Crippen LogP contribution is 2.38. The molecular weight excluding hydrogens is 428 g/mol. The molecule has 0 spiro atoms. The fraction of sp³-hybridized carbons (Fsp3) is 0.350. The molecule has 7 nitrogen and oxygen atoms in total. The van der Waals surface area contributed by atoms with Crippen molar-refractivity contribution in [2.24, 2.45) is 0 Å². The first-order valence-electron chi connectivity index (χ1n) is 8.81. The Morgan fingerprint density at radius 1 is 1.04 bits per heavy atom. The summed E-state index contributed by atoms with van der Waals surface area (Å²) in [6, 6.07) is 8.99. The topological polar surface area (TPSA) is 69.3 Å². The Bertz CT molecular complexity index is 827. The van der Waals surface area contributed by atoms with Gasteiger partial charge in [-0.3, -0.25) is 4.79 Å². The number of hydrogen-bond donors (Lipinski definition) is 1. The van der Waals surface area contributed by atoms with E-state index in [1.807, 2.05) is 18.2 Å². The second kappa shape index (κ2) is 9.16. The fourth-order valence-corrected chi connectivity index (χ4v) is 3.69. The van der Waals surface area contributed by atoms with Crippen LogP contribution in [0.25, 0.3) is 0 Å². The number of nitrogens with one attached hydrogen (secondary N) is 1. The zero-order chi connectivity index (χ0) is 20.1. The zero-order valence-electron chi connectivity index (χ0n) is 16.1. The first-order chi connectivity index (χ1) is 13.6. The molecule has 1 saturated heterocycles. The minimum Gasteiger partial charge on any atom is -0.493 e. The second-order valence-electron chi connectivity index (χ2n) is 6.13. The van der Waals surface area contributed by atoms with Crippen molar-refractivity contribution < 1.29 is 23.7 Å². The number of benzene rings is 2. The van der Waals surface area contributed by atoms with E-state index in [2.05, 4.69) is 26.1 Å². The Balaban J connectivity index is 1.80. The number of carbonyl (C=O) groups excluding carboxylic acids is 1. The normalized spacial score (nSPS) is 13.8. The van der Waals surface area contributed by atoms with E-state index < -0.39 is 0 Å². The monoisotopic (exact) mass is 450 g/mol. The maximum atomic E-state index is 12.7. The molecule has 3 rings (SSSR count). The Morgan fingerprint density at radius 2 is 1.68 bits per heavy atom. The van der Waals surface area contributed by atoms with Crippen LogP contribution in [0.15, 0.2) is 34.8 Å². The average Bonchev–Trinajstić information content (AvgIpc) is 2.73. The van der Waals surface area contributed by atoms with Crippen LogP contribution in [0.2, 0.25) is 0 Å². The van der Waals surface area contributed by atoms with Crippen LogP contribution >= 0.6 is 15.9 Å². The summed E-state index contributed by atoms with van der Waals surface area (Å²) in [6.07, 6.45) is 0. The van der Waals surface area contributed by atoms with Crippen molar-refractivity contribution in [3.63, 3.8) is 0 Å². The third kappa shape index (κ3) is 4.34. The Morgan fingerprint density at radius 3 is 2.21 bits per heavy atom. The van der Waals surface area contributed by atoms with Gasteiger partial charge in [0.2, 0.25) is 5.75 Å². The highest BCUT2D eigenvalue weighted by molar-refractivity contribution is 9.10. The third-order valence-corrected chi connectivity index (χ3v) is 5.12. The molecule has 2 aromatic carbocycles. The van der Waals surface area contributed by atoms with Crippen molar-refractivity contribution in [3.05, 3.63) is 40.4 Å². The van der Waals surface area contributed by atoms with E-state index in [0.29, 0.717) is 41.7 Å². The number of carbonyl (C=O) groups is 1. The van der Waals surface area contributed by atoms with Gasteiger partial charge < -0.3 is 29.2 Å². The van der Waals surface area contributed by atoms with Crippen molar-refractivity contribution in [2.75, 3.05) is 57.8 Å². The summed E-state index contributed by atoms with van der Waals surface area (Å²) < 4.78 is 22.2. The van der Waals surface area contributed by atoms with E-state index >= 15 is 0 Å². The molecule has 8 heteroatoms. The maximum absolute atomic E-state index is 12.7. The number of rotatable bonds is 6. The summed E-state index contributed by atoms with van der Waals surface area (Å²) in [4.78, 5) is 15.0. The van der Waals surface area contributed by atoms with Crippen LogP contribution in [0.3, 0.4) is 0 Å². The van der Waals surface area contributed by atoms with Crippen molar-refractivity contribution in [3.8, 4) is 17.2 Å². The lowest BCUT2D eigenvalue weighted by Gasteiger charge is -2.29. The predicted octanol–water partition coefficient (Wildman–Crippen LogP) is 3.56. The molecule has 150 valence electrons. The molecule has 1 fully saturated rings. The van der Waals surface area contributed by atoms with Gasteiger partial charge in [0.25, 0.3) is 5.91 Å². The number of ether oxygens (including phenoxy) is 4. The summed E-state index contributed by atoms with van der Waals surface area (Å²) >= 11 is 3.60. The van der Waals surface area contributed by atoms with Gasteiger partial charge in [0.15, 0.2) is 11.5 Å². The highest BCUT2D eigenvalue weighted by Gasteiger charge is 2.18. The van der Waals surface area contributed by atoms with Gasteiger partial charge in [-0.05, 0) is 46.3 Å².